The molecular formula is C13H18BrN. The van der Waals surface area contributed by atoms with Gasteiger partial charge in [0.25, 0.3) is 0 Å². The van der Waals surface area contributed by atoms with Crippen molar-refractivity contribution in [3.63, 3.8) is 0 Å². The van der Waals surface area contributed by atoms with E-state index in [9.17, 15) is 0 Å². The van der Waals surface area contributed by atoms with Gasteiger partial charge in [0.2, 0.25) is 0 Å². The summed E-state index contributed by atoms with van der Waals surface area (Å²) in [6, 6.07) is 11.2. The third-order valence-corrected chi connectivity index (χ3v) is 2.98. The average molecular weight is 268 g/mol. The van der Waals surface area contributed by atoms with E-state index in [1.807, 2.05) is 4.99 Å². The molecule has 1 unspecified atom stereocenters. The molecule has 0 spiro atoms. The van der Waals surface area contributed by atoms with E-state index < -0.39 is 0 Å². The number of halogens is 1. The smallest absolute Gasteiger partial charge is 0.0171 e. The van der Waals surface area contributed by atoms with Crippen LogP contribution in [0.2, 0.25) is 0 Å². The molecular weight excluding hydrogens is 250 g/mol. The van der Waals surface area contributed by atoms with Gasteiger partial charge in [0.15, 0.2) is 0 Å². The molecule has 1 aromatic carbocycles. The van der Waals surface area contributed by atoms with E-state index in [0.29, 0.717) is 6.04 Å². The minimum Gasteiger partial charge on any atom is -0.300 e. The first-order valence-electron chi connectivity index (χ1n) is 5.23. The van der Waals surface area contributed by atoms with Crippen molar-refractivity contribution in [2.45, 2.75) is 19.4 Å². The van der Waals surface area contributed by atoms with Crippen LogP contribution in [0.3, 0.4) is 0 Å². The summed E-state index contributed by atoms with van der Waals surface area (Å²) in [7, 11) is 2.15. The highest BCUT2D eigenvalue weighted by Crippen LogP contribution is 2.07. The number of nitrogens with zero attached hydrogens (tertiary/aromatic N) is 1. The topological polar surface area (TPSA) is 3.24 Å². The van der Waals surface area contributed by atoms with Crippen LogP contribution in [-0.2, 0) is 6.42 Å². The zero-order valence-electron chi connectivity index (χ0n) is 9.36. The second-order valence-electron chi connectivity index (χ2n) is 3.84. The third kappa shape index (κ3) is 4.63. The maximum absolute atomic E-state index is 3.29. The van der Waals surface area contributed by atoms with Crippen LogP contribution in [-0.4, -0.2) is 24.5 Å². The molecule has 15 heavy (non-hydrogen) atoms. The Balaban J connectivity index is 2.44. The first-order valence-corrected chi connectivity index (χ1v) is 6.15. The normalized spacial score (nSPS) is 13.6. The van der Waals surface area contributed by atoms with E-state index >= 15 is 0 Å². The van der Waals surface area contributed by atoms with Gasteiger partial charge >= 0.3 is 0 Å². The summed E-state index contributed by atoms with van der Waals surface area (Å²) in [6.45, 7) is 3.24. The molecule has 0 N–H and O–H groups in total. The Morgan fingerprint density at radius 1 is 1.33 bits per heavy atom. The van der Waals surface area contributed by atoms with Gasteiger partial charge in [-0.25, -0.2) is 0 Å². The Hall–Kier alpha value is -0.600. The van der Waals surface area contributed by atoms with Crippen LogP contribution in [0.25, 0.3) is 0 Å². The van der Waals surface area contributed by atoms with E-state index in [-0.39, 0.29) is 0 Å². The molecule has 1 aromatic rings. The standard InChI is InChI=1S/C13H18BrN/c1-12(15(2)10-6-9-14)11-13-7-4-3-5-8-13/h3-9,12H,10-11H2,1-2H3. The highest BCUT2D eigenvalue weighted by Gasteiger charge is 2.07. The Morgan fingerprint density at radius 3 is 2.60 bits per heavy atom. The molecule has 0 aliphatic rings. The molecule has 0 bridgehead atoms. The summed E-state index contributed by atoms with van der Waals surface area (Å²) >= 11 is 3.29. The molecule has 82 valence electrons. The van der Waals surface area contributed by atoms with Crippen molar-refractivity contribution in [3.8, 4) is 0 Å². The molecule has 0 saturated carbocycles. The SMILES string of the molecule is CC(Cc1ccccc1)N(C)CC=CBr. The van der Waals surface area contributed by atoms with Crippen molar-refractivity contribution < 1.29 is 0 Å². The first kappa shape index (κ1) is 12.5. The van der Waals surface area contributed by atoms with Gasteiger partial charge in [-0.3, -0.25) is 4.90 Å². The summed E-state index contributed by atoms with van der Waals surface area (Å²) in [4.78, 5) is 4.25. The maximum atomic E-state index is 3.29. The molecule has 0 saturated heterocycles. The van der Waals surface area contributed by atoms with Crippen molar-refractivity contribution in [2.24, 2.45) is 0 Å². The van der Waals surface area contributed by atoms with Crippen molar-refractivity contribution in [3.05, 3.63) is 47.0 Å². The molecule has 1 nitrogen and oxygen atoms in total. The number of benzene rings is 1. The van der Waals surface area contributed by atoms with E-state index in [0.717, 1.165) is 13.0 Å². The molecule has 0 heterocycles. The lowest BCUT2D eigenvalue weighted by molar-refractivity contribution is 0.283. The molecule has 0 fully saturated rings. The Labute approximate surface area is 101 Å². The van der Waals surface area contributed by atoms with Crippen molar-refractivity contribution in [1.29, 1.82) is 0 Å². The predicted octanol–water partition coefficient (Wildman–Crippen LogP) is 3.46. The fraction of sp³-hybridized carbons (Fsp3) is 0.385. The van der Waals surface area contributed by atoms with Gasteiger partial charge in [-0.15, -0.1) is 0 Å². The highest BCUT2D eigenvalue weighted by molar-refractivity contribution is 9.11. The van der Waals surface area contributed by atoms with Crippen LogP contribution in [0, 0.1) is 0 Å². The van der Waals surface area contributed by atoms with E-state index in [1.54, 1.807) is 0 Å². The molecule has 0 radical (unpaired) electrons. The van der Waals surface area contributed by atoms with Gasteiger partial charge < -0.3 is 0 Å². The fourth-order valence-corrected chi connectivity index (χ4v) is 1.66. The molecule has 0 aliphatic heterocycles. The average Bonchev–Trinajstić information content (AvgIpc) is 2.27. The van der Waals surface area contributed by atoms with Gasteiger partial charge in [0, 0.05) is 12.6 Å². The maximum Gasteiger partial charge on any atom is 0.0171 e. The van der Waals surface area contributed by atoms with Crippen molar-refractivity contribution >= 4 is 15.9 Å². The van der Waals surface area contributed by atoms with Crippen molar-refractivity contribution in [1.82, 2.24) is 4.90 Å². The third-order valence-electron chi connectivity index (χ3n) is 2.61. The van der Waals surface area contributed by atoms with Gasteiger partial charge in [-0.2, -0.15) is 0 Å². The van der Waals surface area contributed by atoms with E-state index in [2.05, 4.69) is 71.2 Å². The lowest BCUT2D eigenvalue weighted by Crippen LogP contribution is -2.30. The molecule has 2 heteroatoms. The van der Waals surface area contributed by atoms with Crippen LogP contribution in [0.4, 0.5) is 0 Å². The Bertz CT molecular complexity index is 295. The molecule has 0 aromatic heterocycles. The lowest BCUT2D eigenvalue weighted by atomic mass is 10.1. The second kappa shape index (κ2) is 6.81. The van der Waals surface area contributed by atoms with Crippen LogP contribution in [0.15, 0.2) is 41.4 Å². The Morgan fingerprint density at radius 2 is 2.00 bits per heavy atom. The molecule has 1 rings (SSSR count). The zero-order chi connectivity index (χ0) is 11.1. The summed E-state index contributed by atoms with van der Waals surface area (Å²) in [6.07, 6.45) is 3.22. The van der Waals surface area contributed by atoms with Crippen LogP contribution in [0.5, 0.6) is 0 Å². The summed E-state index contributed by atoms with van der Waals surface area (Å²) < 4.78 is 0. The number of hydrogen-bond acceptors (Lipinski definition) is 1. The Kier molecular flexibility index (Phi) is 5.66. The van der Waals surface area contributed by atoms with Crippen LogP contribution in [0.1, 0.15) is 12.5 Å². The lowest BCUT2D eigenvalue weighted by Gasteiger charge is -2.23. The van der Waals surface area contributed by atoms with Crippen molar-refractivity contribution in [2.75, 3.05) is 13.6 Å². The largest absolute Gasteiger partial charge is 0.300 e. The second-order valence-corrected chi connectivity index (χ2v) is 4.37. The monoisotopic (exact) mass is 267 g/mol. The van der Waals surface area contributed by atoms with Gasteiger partial charge in [0.1, 0.15) is 0 Å². The van der Waals surface area contributed by atoms with E-state index in [1.165, 1.54) is 5.56 Å². The number of rotatable bonds is 5. The number of hydrogen-bond donors (Lipinski definition) is 0. The minimum atomic E-state index is 0.566. The van der Waals surface area contributed by atoms with Gasteiger partial charge in [-0.1, -0.05) is 52.3 Å². The molecule has 0 amide bonds. The first-order chi connectivity index (χ1) is 7.24. The predicted molar refractivity (Wildman–Crippen MR) is 70.3 cm³/mol. The summed E-state index contributed by atoms with van der Waals surface area (Å²) in [5, 5.41) is 0. The highest BCUT2D eigenvalue weighted by atomic mass is 79.9. The fourth-order valence-electron chi connectivity index (χ4n) is 1.50. The molecule has 0 aliphatic carbocycles. The zero-order valence-corrected chi connectivity index (χ0v) is 10.9. The minimum absolute atomic E-state index is 0.566. The van der Waals surface area contributed by atoms with Crippen LogP contribution >= 0.6 is 15.9 Å². The van der Waals surface area contributed by atoms with Gasteiger partial charge in [-0.05, 0) is 30.9 Å². The summed E-state index contributed by atoms with van der Waals surface area (Å²) in [5.74, 6) is 0. The molecule has 1 atom stereocenters. The van der Waals surface area contributed by atoms with E-state index in [4.69, 9.17) is 0 Å². The van der Waals surface area contributed by atoms with Crippen LogP contribution < -0.4 is 0 Å². The number of likely N-dealkylation sites (N-methyl/N-ethyl adjacent to an activating group) is 1. The quantitative estimate of drug-likeness (QED) is 0.790. The van der Waals surface area contributed by atoms with Gasteiger partial charge in [0.05, 0.1) is 0 Å². The summed E-state index contributed by atoms with van der Waals surface area (Å²) in [5.41, 5.74) is 1.40.